The Morgan fingerprint density at radius 1 is 1.62 bits per heavy atom. The molecule has 0 aliphatic rings. The molecular formula is C6H14FN. The molecule has 0 saturated carbocycles. The smallest absolute Gasteiger partial charge is 0.112 e. The first-order valence-electron chi connectivity index (χ1n) is 3.08. The van der Waals surface area contributed by atoms with Crippen molar-refractivity contribution in [2.24, 2.45) is 5.73 Å². The minimum atomic E-state index is -0.852. The summed E-state index contributed by atoms with van der Waals surface area (Å²) < 4.78 is 12.2. The van der Waals surface area contributed by atoms with Crippen molar-refractivity contribution in [1.82, 2.24) is 0 Å². The van der Waals surface area contributed by atoms with Crippen molar-refractivity contribution >= 4 is 0 Å². The Morgan fingerprint density at radius 2 is 2.12 bits per heavy atom. The highest BCUT2D eigenvalue weighted by atomic mass is 19.1. The molecule has 2 heteroatoms. The Bertz CT molecular complexity index is 54.5. The average Bonchev–Trinajstić information content (AvgIpc) is 1.67. The lowest BCUT2D eigenvalue weighted by Crippen LogP contribution is -2.28. The number of hydrogen-bond acceptors (Lipinski definition) is 1. The van der Waals surface area contributed by atoms with Gasteiger partial charge in [-0.3, -0.25) is 0 Å². The van der Waals surface area contributed by atoms with Gasteiger partial charge in [-0.2, -0.15) is 0 Å². The van der Waals surface area contributed by atoms with Gasteiger partial charge in [-0.25, -0.2) is 4.39 Å². The maximum atomic E-state index is 12.2. The Balaban J connectivity index is 3.17. The third kappa shape index (κ3) is 2.97. The van der Waals surface area contributed by atoms with Crippen molar-refractivity contribution in [2.45, 2.75) is 38.9 Å². The van der Waals surface area contributed by atoms with E-state index in [1.54, 1.807) is 0 Å². The second-order valence-corrected chi connectivity index (χ2v) is 2.13. The van der Waals surface area contributed by atoms with Gasteiger partial charge in [0.05, 0.1) is 0 Å². The van der Waals surface area contributed by atoms with E-state index in [4.69, 9.17) is 5.73 Å². The van der Waals surface area contributed by atoms with Gasteiger partial charge in [0.25, 0.3) is 0 Å². The molecule has 0 amide bonds. The normalized spacial score (nSPS) is 18.0. The van der Waals surface area contributed by atoms with Crippen LogP contribution in [0, 0.1) is 0 Å². The van der Waals surface area contributed by atoms with Crippen LogP contribution in [-0.4, -0.2) is 12.2 Å². The van der Waals surface area contributed by atoms with Crippen molar-refractivity contribution in [3.63, 3.8) is 0 Å². The largest absolute Gasteiger partial charge is 0.325 e. The Morgan fingerprint density at radius 3 is 2.25 bits per heavy atom. The van der Waals surface area contributed by atoms with Crippen LogP contribution in [0.3, 0.4) is 0 Å². The van der Waals surface area contributed by atoms with E-state index in [0.717, 1.165) is 12.8 Å². The SMILES string of the molecule is CCC[C@@H](N)[C@H](C)F. The Hall–Kier alpha value is -0.110. The zero-order valence-corrected chi connectivity index (χ0v) is 5.52. The highest BCUT2D eigenvalue weighted by Gasteiger charge is 2.07. The lowest BCUT2D eigenvalue weighted by molar-refractivity contribution is 0.294. The molecule has 8 heavy (non-hydrogen) atoms. The van der Waals surface area contributed by atoms with E-state index < -0.39 is 6.17 Å². The molecule has 0 unspecified atom stereocenters. The second-order valence-electron chi connectivity index (χ2n) is 2.13. The first-order valence-corrected chi connectivity index (χ1v) is 3.08. The van der Waals surface area contributed by atoms with Crippen LogP contribution in [0.1, 0.15) is 26.7 Å². The third-order valence-electron chi connectivity index (χ3n) is 1.21. The van der Waals surface area contributed by atoms with Crippen LogP contribution >= 0.6 is 0 Å². The van der Waals surface area contributed by atoms with Crippen LogP contribution in [-0.2, 0) is 0 Å². The number of rotatable bonds is 3. The van der Waals surface area contributed by atoms with Gasteiger partial charge in [0.2, 0.25) is 0 Å². The summed E-state index contributed by atoms with van der Waals surface area (Å²) in [6.45, 7) is 3.50. The predicted octanol–water partition coefficient (Wildman–Crippen LogP) is 1.47. The lowest BCUT2D eigenvalue weighted by atomic mass is 10.1. The first-order chi connectivity index (χ1) is 3.68. The van der Waals surface area contributed by atoms with Crippen molar-refractivity contribution in [3.8, 4) is 0 Å². The summed E-state index contributed by atoms with van der Waals surface area (Å²) in [5.74, 6) is 0. The first kappa shape index (κ1) is 7.89. The fourth-order valence-electron chi connectivity index (χ4n) is 0.563. The van der Waals surface area contributed by atoms with Gasteiger partial charge in [0.15, 0.2) is 0 Å². The van der Waals surface area contributed by atoms with E-state index in [0.29, 0.717) is 0 Å². The topological polar surface area (TPSA) is 26.0 Å². The van der Waals surface area contributed by atoms with Crippen LogP contribution in [0.5, 0.6) is 0 Å². The second kappa shape index (κ2) is 3.84. The molecule has 2 N–H and O–H groups in total. The maximum absolute atomic E-state index is 12.2. The Kier molecular flexibility index (Phi) is 3.79. The fourth-order valence-corrected chi connectivity index (χ4v) is 0.563. The molecule has 1 nitrogen and oxygen atoms in total. The minimum Gasteiger partial charge on any atom is -0.325 e. The summed E-state index contributed by atoms with van der Waals surface area (Å²) in [6, 6.07) is -0.250. The van der Waals surface area contributed by atoms with E-state index in [9.17, 15) is 4.39 Å². The van der Waals surface area contributed by atoms with Gasteiger partial charge in [-0.15, -0.1) is 0 Å². The van der Waals surface area contributed by atoms with Gasteiger partial charge >= 0.3 is 0 Å². The zero-order valence-electron chi connectivity index (χ0n) is 5.52. The summed E-state index contributed by atoms with van der Waals surface area (Å²) >= 11 is 0. The van der Waals surface area contributed by atoms with Crippen molar-refractivity contribution in [1.29, 1.82) is 0 Å². The van der Waals surface area contributed by atoms with Crippen LogP contribution in [0.15, 0.2) is 0 Å². The molecule has 0 rings (SSSR count). The number of hydrogen-bond donors (Lipinski definition) is 1. The van der Waals surface area contributed by atoms with Gasteiger partial charge in [0.1, 0.15) is 6.17 Å². The van der Waals surface area contributed by atoms with Crippen LogP contribution in [0.4, 0.5) is 4.39 Å². The highest BCUT2D eigenvalue weighted by Crippen LogP contribution is 2.01. The van der Waals surface area contributed by atoms with Crippen LogP contribution in [0.2, 0.25) is 0 Å². The zero-order chi connectivity index (χ0) is 6.57. The highest BCUT2D eigenvalue weighted by molar-refractivity contribution is 4.65. The molecule has 0 aromatic rings. The van der Waals surface area contributed by atoms with E-state index >= 15 is 0 Å². The summed E-state index contributed by atoms with van der Waals surface area (Å²) in [5, 5.41) is 0. The molecular weight excluding hydrogens is 105 g/mol. The van der Waals surface area contributed by atoms with E-state index in [2.05, 4.69) is 0 Å². The molecule has 0 fully saturated rings. The van der Waals surface area contributed by atoms with E-state index in [1.165, 1.54) is 6.92 Å². The van der Waals surface area contributed by atoms with Crippen LogP contribution < -0.4 is 5.73 Å². The number of halogens is 1. The van der Waals surface area contributed by atoms with Crippen LogP contribution in [0.25, 0.3) is 0 Å². The summed E-state index contributed by atoms with van der Waals surface area (Å²) in [6.07, 6.45) is 0.905. The Labute approximate surface area is 50.1 Å². The molecule has 0 aliphatic carbocycles. The molecule has 0 heterocycles. The molecule has 0 bridgehead atoms. The number of nitrogens with two attached hydrogens (primary N) is 1. The van der Waals surface area contributed by atoms with Gasteiger partial charge in [0, 0.05) is 6.04 Å². The van der Waals surface area contributed by atoms with Crippen molar-refractivity contribution in [2.75, 3.05) is 0 Å². The summed E-state index contributed by atoms with van der Waals surface area (Å²) in [7, 11) is 0. The van der Waals surface area contributed by atoms with E-state index in [1.807, 2.05) is 6.92 Å². The molecule has 0 radical (unpaired) electrons. The predicted molar refractivity (Wildman–Crippen MR) is 33.5 cm³/mol. The summed E-state index contributed by atoms with van der Waals surface area (Å²) in [4.78, 5) is 0. The molecule has 50 valence electrons. The molecule has 0 aliphatic heterocycles. The third-order valence-corrected chi connectivity index (χ3v) is 1.21. The molecule has 0 aromatic carbocycles. The number of alkyl halides is 1. The van der Waals surface area contributed by atoms with E-state index in [-0.39, 0.29) is 6.04 Å². The quantitative estimate of drug-likeness (QED) is 0.598. The fraction of sp³-hybridized carbons (Fsp3) is 1.00. The van der Waals surface area contributed by atoms with Gasteiger partial charge in [-0.1, -0.05) is 13.3 Å². The lowest BCUT2D eigenvalue weighted by Gasteiger charge is -2.09. The van der Waals surface area contributed by atoms with Crippen molar-refractivity contribution in [3.05, 3.63) is 0 Å². The summed E-state index contributed by atoms with van der Waals surface area (Å²) in [5.41, 5.74) is 5.35. The average molecular weight is 119 g/mol. The minimum absolute atomic E-state index is 0.250. The molecule has 0 aromatic heterocycles. The monoisotopic (exact) mass is 119 g/mol. The molecule has 2 atom stereocenters. The van der Waals surface area contributed by atoms with Gasteiger partial charge in [-0.05, 0) is 13.3 Å². The van der Waals surface area contributed by atoms with Crippen molar-refractivity contribution < 1.29 is 4.39 Å². The maximum Gasteiger partial charge on any atom is 0.112 e. The molecule has 0 spiro atoms. The molecule has 0 saturated heterocycles. The standard InChI is InChI=1S/C6H14FN/c1-3-4-6(8)5(2)7/h5-6H,3-4,8H2,1-2H3/t5-,6+/m0/s1. The van der Waals surface area contributed by atoms with Gasteiger partial charge < -0.3 is 5.73 Å².